The maximum atomic E-state index is 12.1. The molecule has 0 amide bonds. The molecule has 2 aromatic rings. The predicted octanol–water partition coefficient (Wildman–Crippen LogP) is 4.71. The minimum atomic E-state index is -4.29. The molecule has 0 N–H and O–H groups in total. The van der Waals surface area contributed by atoms with Crippen LogP contribution in [0.4, 0.5) is 13.2 Å². The summed E-state index contributed by atoms with van der Waals surface area (Å²) >= 11 is 1.36. The van der Waals surface area contributed by atoms with Crippen molar-refractivity contribution >= 4 is 11.8 Å². The number of aromatic nitrogens is 3. The summed E-state index contributed by atoms with van der Waals surface area (Å²) in [7, 11) is 0. The number of nitrogens with zero attached hydrogens (tertiary/aromatic N) is 3. The summed E-state index contributed by atoms with van der Waals surface area (Å²) in [6, 6.07) is 3.93. The van der Waals surface area contributed by atoms with Gasteiger partial charge < -0.3 is 9.15 Å². The number of halogens is 3. The summed E-state index contributed by atoms with van der Waals surface area (Å²) in [5, 5.41) is 9.18. The molecular formula is C16H20F3N3O2S. The molecule has 2 heterocycles. The molecule has 1 fully saturated rings. The topological polar surface area (TPSA) is 53.1 Å². The second kappa shape index (κ2) is 8.27. The van der Waals surface area contributed by atoms with Crippen molar-refractivity contribution in [3.63, 3.8) is 0 Å². The quantitative estimate of drug-likeness (QED) is 0.518. The van der Waals surface area contributed by atoms with Crippen molar-refractivity contribution in [3.05, 3.63) is 18.4 Å². The Bertz CT molecular complexity index is 652. The van der Waals surface area contributed by atoms with Crippen LogP contribution in [0.2, 0.25) is 0 Å². The van der Waals surface area contributed by atoms with Crippen molar-refractivity contribution in [1.82, 2.24) is 14.8 Å². The first-order chi connectivity index (χ1) is 12.0. The van der Waals surface area contributed by atoms with Gasteiger partial charge in [0.15, 0.2) is 10.9 Å². The van der Waals surface area contributed by atoms with E-state index in [-0.39, 0.29) is 6.61 Å². The highest BCUT2D eigenvalue weighted by atomic mass is 32.2. The van der Waals surface area contributed by atoms with Gasteiger partial charge in [-0.1, -0.05) is 31.0 Å². The minimum Gasteiger partial charge on any atom is -0.461 e. The standard InChI is InChI=1S/C16H20F3N3O2S/c17-16(18,19)11-23-9-10-25-15-21-20-14(13-7-4-8-24-13)22(15)12-5-2-1-3-6-12/h4,7-8,12H,1-3,5-6,9-11H2. The normalized spacial score (nSPS) is 16.4. The molecule has 0 radical (unpaired) electrons. The van der Waals surface area contributed by atoms with Crippen LogP contribution < -0.4 is 0 Å². The third-order valence-corrected chi connectivity index (χ3v) is 4.98. The molecular weight excluding hydrogens is 355 g/mol. The van der Waals surface area contributed by atoms with Crippen LogP contribution in [0.15, 0.2) is 28.0 Å². The smallest absolute Gasteiger partial charge is 0.411 e. The monoisotopic (exact) mass is 375 g/mol. The van der Waals surface area contributed by atoms with E-state index in [9.17, 15) is 13.2 Å². The Balaban J connectivity index is 1.68. The van der Waals surface area contributed by atoms with E-state index in [1.54, 1.807) is 12.3 Å². The molecule has 0 bridgehead atoms. The van der Waals surface area contributed by atoms with Crippen LogP contribution in [0.3, 0.4) is 0 Å². The maximum absolute atomic E-state index is 12.1. The lowest BCUT2D eigenvalue weighted by molar-refractivity contribution is -0.172. The van der Waals surface area contributed by atoms with Crippen LogP contribution >= 0.6 is 11.8 Å². The molecule has 5 nitrogen and oxygen atoms in total. The van der Waals surface area contributed by atoms with Gasteiger partial charge in [0.2, 0.25) is 5.82 Å². The Kier molecular flexibility index (Phi) is 6.06. The highest BCUT2D eigenvalue weighted by molar-refractivity contribution is 7.99. The van der Waals surface area contributed by atoms with E-state index < -0.39 is 12.8 Å². The fourth-order valence-corrected chi connectivity index (χ4v) is 3.85. The SMILES string of the molecule is FC(F)(F)COCCSc1nnc(-c2ccco2)n1C1CCCCC1. The zero-order valence-corrected chi connectivity index (χ0v) is 14.5. The van der Waals surface area contributed by atoms with Crippen molar-refractivity contribution < 1.29 is 22.3 Å². The third kappa shape index (κ3) is 5.01. The molecule has 3 rings (SSSR count). The Morgan fingerprint density at radius 3 is 2.72 bits per heavy atom. The average Bonchev–Trinajstić information content (AvgIpc) is 3.23. The summed E-state index contributed by atoms with van der Waals surface area (Å²) in [4.78, 5) is 0. The van der Waals surface area contributed by atoms with Gasteiger partial charge in [-0.15, -0.1) is 10.2 Å². The molecule has 0 aliphatic heterocycles. The van der Waals surface area contributed by atoms with Gasteiger partial charge in [-0.3, -0.25) is 4.57 Å². The molecule has 0 atom stereocenters. The first-order valence-corrected chi connectivity index (χ1v) is 9.29. The first-order valence-electron chi connectivity index (χ1n) is 8.30. The minimum absolute atomic E-state index is 0.0117. The fourth-order valence-electron chi connectivity index (χ4n) is 3.00. The number of furan rings is 1. The molecule has 0 saturated heterocycles. The highest BCUT2D eigenvalue weighted by Gasteiger charge is 2.28. The second-order valence-corrected chi connectivity index (χ2v) is 7.02. The van der Waals surface area contributed by atoms with Crippen molar-refractivity contribution in [1.29, 1.82) is 0 Å². The van der Waals surface area contributed by atoms with Gasteiger partial charge in [-0.25, -0.2) is 0 Å². The van der Waals surface area contributed by atoms with Gasteiger partial charge >= 0.3 is 6.18 Å². The molecule has 1 saturated carbocycles. The van der Waals surface area contributed by atoms with Crippen molar-refractivity contribution in [3.8, 4) is 11.6 Å². The predicted molar refractivity (Wildman–Crippen MR) is 87.4 cm³/mol. The van der Waals surface area contributed by atoms with Gasteiger partial charge in [-0.2, -0.15) is 13.2 Å². The van der Waals surface area contributed by atoms with Crippen molar-refractivity contribution in [2.24, 2.45) is 0 Å². The molecule has 0 unspecified atom stereocenters. The van der Waals surface area contributed by atoms with E-state index in [0.29, 0.717) is 28.5 Å². The highest BCUT2D eigenvalue weighted by Crippen LogP contribution is 2.35. The number of rotatable bonds is 7. The lowest BCUT2D eigenvalue weighted by Gasteiger charge is -2.25. The van der Waals surface area contributed by atoms with Crippen LogP contribution in [0.25, 0.3) is 11.6 Å². The number of thioether (sulfide) groups is 1. The van der Waals surface area contributed by atoms with E-state index >= 15 is 0 Å². The second-order valence-electron chi connectivity index (χ2n) is 5.96. The van der Waals surface area contributed by atoms with E-state index in [0.717, 1.165) is 25.7 Å². The zero-order chi connectivity index (χ0) is 17.7. The van der Waals surface area contributed by atoms with E-state index in [2.05, 4.69) is 19.5 Å². The summed E-state index contributed by atoms with van der Waals surface area (Å²) in [6.45, 7) is -1.21. The third-order valence-electron chi connectivity index (χ3n) is 4.07. The van der Waals surface area contributed by atoms with Gasteiger partial charge in [0, 0.05) is 11.8 Å². The molecule has 1 aliphatic rings. The summed E-state index contributed by atoms with van der Waals surface area (Å²) in [6.07, 6.45) is 2.92. The van der Waals surface area contributed by atoms with Crippen LogP contribution in [0.1, 0.15) is 38.1 Å². The van der Waals surface area contributed by atoms with E-state index in [1.807, 2.05) is 6.07 Å². The van der Waals surface area contributed by atoms with Gasteiger partial charge in [-0.05, 0) is 25.0 Å². The van der Waals surface area contributed by atoms with Crippen molar-refractivity contribution in [2.45, 2.75) is 49.5 Å². The van der Waals surface area contributed by atoms with Crippen LogP contribution in [-0.4, -0.2) is 39.9 Å². The molecule has 25 heavy (non-hydrogen) atoms. The van der Waals surface area contributed by atoms with Gasteiger partial charge in [0.05, 0.1) is 12.9 Å². The molecule has 0 spiro atoms. The lowest BCUT2D eigenvalue weighted by Crippen LogP contribution is -2.18. The molecule has 1 aliphatic carbocycles. The molecule has 0 aromatic carbocycles. The average molecular weight is 375 g/mol. The lowest BCUT2D eigenvalue weighted by atomic mass is 9.95. The van der Waals surface area contributed by atoms with E-state index in [4.69, 9.17) is 4.42 Å². The van der Waals surface area contributed by atoms with E-state index in [1.165, 1.54) is 18.2 Å². The molecule has 138 valence electrons. The number of ether oxygens (including phenoxy) is 1. The van der Waals surface area contributed by atoms with Gasteiger partial charge in [0.25, 0.3) is 0 Å². The number of hydrogen-bond donors (Lipinski definition) is 0. The van der Waals surface area contributed by atoms with Crippen LogP contribution in [0, 0.1) is 0 Å². The van der Waals surface area contributed by atoms with Crippen LogP contribution in [0.5, 0.6) is 0 Å². The largest absolute Gasteiger partial charge is 0.461 e. The molecule has 9 heteroatoms. The Morgan fingerprint density at radius 2 is 2.04 bits per heavy atom. The Morgan fingerprint density at radius 1 is 1.24 bits per heavy atom. The van der Waals surface area contributed by atoms with Gasteiger partial charge in [0.1, 0.15) is 6.61 Å². The van der Waals surface area contributed by atoms with Crippen LogP contribution in [-0.2, 0) is 4.74 Å². The molecule has 2 aromatic heterocycles. The van der Waals surface area contributed by atoms with Crippen molar-refractivity contribution in [2.75, 3.05) is 19.0 Å². The number of alkyl halides is 3. The summed E-state index contributed by atoms with van der Waals surface area (Å²) in [5.41, 5.74) is 0. The maximum Gasteiger partial charge on any atom is 0.411 e. The summed E-state index contributed by atoms with van der Waals surface area (Å²) < 4.78 is 48.5. The number of hydrogen-bond acceptors (Lipinski definition) is 5. The summed E-state index contributed by atoms with van der Waals surface area (Å²) in [5.74, 6) is 1.72. The first kappa shape index (κ1) is 18.3. The fraction of sp³-hybridized carbons (Fsp3) is 0.625. The zero-order valence-electron chi connectivity index (χ0n) is 13.7. The Hall–Kier alpha value is -1.48. The Labute approximate surface area is 147 Å².